The molecule has 0 aromatic heterocycles. The van der Waals surface area contributed by atoms with Gasteiger partial charge in [-0.1, -0.05) is 12.1 Å². The largest absolute Gasteiger partial charge is 0.493 e. The zero-order valence-electron chi connectivity index (χ0n) is 15.0. The summed E-state index contributed by atoms with van der Waals surface area (Å²) in [5, 5.41) is 3.33. The first-order valence-electron chi connectivity index (χ1n) is 8.28. The number of ether oxygens (including phenoxy) is 3. The van der Waals surface area contributed by atoms with E-state index in [2.05, 4.69) is 5.32 Å². The van der Waals surface area contributed by atoms with Crippen LogP contribution in [0.5, 0.6) is 17.2 Å². The standard InChI is InChI=1S/C20H23NO4/c1-21-16-9-8-12-10-17(23-2)19(24-3)20(25-4)18(12)14-7-5-6-13(22)11-15(14)16/h5-7,10-11,16,21H,8-9H2,1-4H3/t16-/m0/s1. The lowest BCUT2D eigenvalue weighted by Crippen LogP contribution is -2.17. The van der Waals surface area contributed by atoms with Crippen LogP contribution in [0, 0.1) is 0 Å². The van der Waals surface area contributed by atoms with Crippen molar-refractivity contribution in [3.8, 4) is 28.4 Å². The summed E-state index contributed by atoms with van der Waals surface area (Å²) in [6.07, 6.45) is 1.71. The minimum atomic E-state index is -0.00982. The molecule has 25 heavy (non-hydrogen) atoms. The molecule has 0 saturated heterocycles. The summed E-state index contributed by atoms with van der Waals surface area (Å²) in [6.45, 7) is 0. The molecule has 0 amide bonds. The lowest BCUT2D eigenvalue weighted by atomic mass is 9.95. The highest BCUT2D eigenvalue weighted by atomic mass is 16.5. The van der Waals surface area contributed by atoms with Crippen molar-refractivity contribution in [2.45, 2.75) is 18.9 Å². The average molecular weight is 341 g/mol. The number of benzene rings is 1. The van der Waals surface area contributed by atoms with E-state index < -0.39 is 0 Å². The Morgan fingerprint density at radius 3 is 2.44 bits per heavy atom. The lowest BCUT2D eigenvalue weighted by molar-refractivity contribution is 0.324. The van der Waals surface area contributed by atoms with Crippen molar-refractivity contribution in [3.05, 3.63) is 51.7 Å². The van der Waals surface area contributed by atoms with Crippen LogP contribution in [-0.4, -0.2) is 28.4 Å². The minimum absolute atomic E-state index is 0.00982. The smallest absolute Gasteiger partial charge is 0.203 e. The van der Waals surface area contributed by atoms with Crippen LogP contribution in [0.1, 0.15) is 23.6 Å². The maximum atomic E-state index is 12.1. The number of fused-ring (bicyclic) bond motifs is 3. The Morgan fingerprint density at radius 2 is 1.80 bits per heavy atom. The second-order valence-electron chi connectivity index (χ2n) is 6.00. The lowest BCUT2D eigenvalue weighted by Gasteiger charge is -2.19. The number of nitrogens with one attached hydrogen (secondary N) is 1. The van der Waals surface area contributed by atoms with E-state index in [0.717, 1.165) is 35.1 Å². The molecular formula is C20H23NO4. The van der Waals surface area contributed by atoms with Crippen molar-refractivity contribution in [2.75, 3.05) is 28.4 Å². The Labute approximate surface area is 147 Å². The van der Waals surface area contributed by atoms with Crippen molar-refractivity contribution < 1.29 is 14.2 Å². The molecule has 1 aliphatic carbocycles. The van der Waals surface area contributed by atoms with Gasteiger partial charge < -0.3 is 19.5 Å². The molecule has 2 aromatic rings. The molecule has 3 rings (SSSR count). The molecule has 0 fully saturated rings. The number of hydrogen-bond donors (Lipinski definition) is 1. The van der Waals surface area contributed by atoms with Gasteiger partial charge in [0.25, 0.3) is 0 Å². The number of hydrogen-bond acceptors (Lipinski definition) is 5. The van der Waals surface area contributed by atoms with Crippen LogP contribution in [-0.2, 0) is 6.42 Å². The molecule has 5 heteroatoms. The predicted octanol–water partition coefficient (Wildman–Crippen LogP) is 2.95. The van der Waals surface area contributed by atoms with Gasteiger partial charge in [0, 0.05) is 11.6 Å². The van der Waals surface area contributed by atoms with Gasteiger partial charge in [0.15, 0.2) is 16.9 Å². The molecule has 1 N–H and O–H groups in total. The Hall–Kier alpha value is -2.53. The molecular weight excluding hydrogens is 318 g/mol. The van der Waals surface area contributed by atoms with E-state index in [-0.39, 0.29) is 11.5 Å². The van der Waals surface area contributed by atoms with E-state index >= 15 is 0 Å². The van der Waals surface area contributed by atoms with E-state index in [1.807, 2.05) is 19.2 Å². The average Bonchev–Trinajstić information content (AvgIpc) is 2.89. The molecule has 1 aliphatic rings. The quantitative estimate of drug-likeness (QED) is 0.927. The predicted molar refractivity (Wildman–Crippen MR) is 97.9 cm³/mol. The zero-order chi connectivity index (χ0) is 18.0. The molecule has 0 aliphatic heterocycles. The van der Waals surface area contributed by atoms with Gasteiger partial charge in [-0.15, -0.1) is 0 Å². The Kier molecular flexibility index (Phi) is 4.95. The van der Waals surface area contributed by atoms with Gasteiger partial charge in [0.05, 0.1) is 21.3 Å². The molecule has 5 nitrogen and oxygen atoms in total. The van der Waals surface area contributed by atoms with Gasteiger partial charge in [-0.3, -0.25) is 4.79 Å². The highest BCUT2D eigenvalue weighted by Gasteiger charge is 2.28. The Balaban J connectivity index is 2.42. The number of methoxy groups -OCH3 is 3. The van der Waals surface area contributed by atoms with Crippen LogP contribution in [0.3, 0.4) is 0 Å². The van der Waals surface area contributed by atoms with Crippen LogP contribution in [0.15, 0.2) is 35.1 Å². The summed E-state index contributed by atoms with van der Waals surface area (Å²) in [4.78, 5) is 12.1. The van der Waals surface area contributed by atoms with Crippen LogP contribution in [0.25, 0.3) is 11.1 Å². The van der Waals surface area contributed by atoms with E-state index in [9.17, 15) is 4.79 Å². The van der Waals surface area contributed by atoms with Crippen molar-refractivity contribution in [3.63, 3.8) is 0 Å². The van der Waals surface area contributed by atoms with Gasteiger partial charge in [0.2, 0.25) is 5.75 Å². The second-order valence-corrected chi connectivity index (χ2v) is 6.00. The monoisotopic (exact) mass is 341 g/mol. The fourth-order valence-corrected chi connectivity index (χ4v) is 3.59. The molecule has 1 atom stereocenters. The van der Waals surface area contributed by atoms with Crippen LogP contribution in [0.2, 0.25) is 0 Å². The van der Waals surface area contributed by atoms with Gasteiger partial charge in [-0.2, -0.15) is 0 Å². The first-order chi connectivity index (χ1) is 12.1. The minimum Gasteiger partial charge on any atom is -0.493 e. The molecule has 0 spiro atoms. The summed E-state index contributed by atoms with van der Waals surface area (Å²) in [5.41, 5.74) is 4.02. The Bertz CT molecular complexity index is 848. The summed E-state index contributed by atoms with van der Waals surface area (Å²) in [6, 6.07) is 9.14. The van der Waals surface area contributed by atoms with E-state index in [4.69, 9.17) is 14.2 Å². The molecule has 0 radical (unpaired) electrons. The zero-order valence-corrected chi connectivity index (χ0v) is 15.0. The van der Waals surface area contributed by atoms with E-state index in [1.54, 1.807) is 39.5 Å². The molecule has 0 unspecified atom stereocenters. The van der Waals surface area contributed by atoms with Crippen molar-refractivity contribution in [2.24, 2.45) is 0 Å². The summed E-state index contributed by atoms with van der Waals surface area (Å²) in [5.74, 6) is 1.84. The van der Waals surface area contributed by atoms with Gasteiger partial charge in [0.1, 0.15) is 0 Å². The number of rotatable bonds is 4. The normalized spacial score (nSPS) is 15.6. The maximum absolute atomic E-state index is 12.1. The second kappa shape index (κ2) is 7.15. The van der Waals surface area contributed by atoms with Crippen LogP contribution >= 0.6 is 0 Å². The SMILES string of the molecule is CN[C@H]1CCc2cc(OC)c(OC)c(OC)c2-c2cccc(=O)cc21. The molecule has 132 valence electrons. The van der Waals surface area contributed by atoms with Crippen molar-refractivity contribution >= 4 is 0 Å². The molecule has 0 heterocycles. The third kappa shape index (κ3) is 2.96. The third-order valence-electron chi connectivity index (χ3n) is 4.74. The van der Waals surface area contributed by atoms with E-state index in [1.165, 1.54) is 0 Å². The highest BCUT2D eigenvalue weighted by molar-refractivity contribution is 5.82. The van der Waals surface area contributed by atoms with E-state index in [0.29, 0.717) is 17.2 Å². The maximum Gasteiger partial charge on any atom is 0.203 e. The third-order valence-corrected chi connectivity index (χ3v) is 4.74. The van der Waals surface area contributed by atoms with Crippen molar-refractivity contribution in [1.82, 2.24) is 5.32 Å². The summed E-state index contributed by atoms with van der Waals surface area (Å²) >= 11 is 0. The van der Waals surface area contributed by atoms with Crippen LogP contribution < -0.4 is 25.0 Å². The van der Waals surface area contributed by atoms with Gasteiger partial charge >= 0.3 is 0 Å². The highest BCUT2D eigenvalue weighted by Crippen LogP contribution is 2.49. The topological polar surface area (TPSA) is 56.8 Å². The van der Waals surface area contributed by atoms with Gasteiger partial charge in [-0.25, -0.2) is 0 Å². The fraction of sp³-hybridized carbons (Fsp3) is 0.350. The summed E-state index contributed by atoms with van der Waals surface area (Å²) < 4.78 is 16.8. The molecule has 2 aromatic carbocycles. The summed E-state index contributed by atoms with van der Waals surface area (Å²) in [7, 11) is 6.76. The first kappa shape index (κ1) is 17.3. The molecule has 0 bridgehead atoms. The number of aryl methyl sites for hydroxylation is 1. The van der Waals surface area contributed by atoms with Crippen LogP contribution in [0.4, 0.5) is 0 Å². The van der Waals surface area contributed by atoms with Gasteiger partial charge in [-0.05, 0) is 54.8 Å². The first-order valence-corrected chi connectivity index (χ1v) is 8.28. The molecule has 0 saturated carbocycles. The Morgan fingerprint density at radius 1 is 1.04 bits per heavy atom. The fourth-order valence-electron chi connectivity index (χ4n) is 3.59. The van der Waals surface area contributed by atoms with Crippen molar-refractivity contribution in [1.29, 1.82) is 0 Å².